The molecule has 2 N–H and O–H groups in total. The first kappa shape index (κ1) is 21.8. The van der Waals surface area contributed by atoms with Crippen LogP contribution in [0, 0.1) is 6.92 Å². The number of nitrogens with zero attached hydrogens (tertiary/aromatic N) is 3. The average molecular weight is 411 g/mol. The van der Waals surface area contributed by atoms with Crippen LogP contribution in [0.4, 0.5) is 5.69 Å². The van der Waals surface area contributed by atoms with Crippen molar-refractivity contribution in [3.63, 3.8) is 0 Å². The lowest BCUT2D eigenvalue weighted by atomic mass is 10.1. The summed E-state index contributed by atoms with van der Waals surface area (Å²) in [5.41, 5.74) is 3.64. The van der Waals surface area contributed by atoms with E-state index in [2.05, 4.69) is 15.4 Å². The predicted molar refractivity (Wildman–Crippen MR) is 118 cm³/mol. The van der Waals surface area contributed by atoms with Crippen molar-refractivity contribution in [2.75, 3.05) is 25.6 Å². The third-order valence-corrected chi connectivity index (χ3v) is 4.44. The van der Waals surface area contributed by atoms with Crippen molar-refractivity contribution >= 4 is 5.69 Å². The fourth-order valence-electron chi connectivity index (χ4n) is 2.81. The number of aromatic nitrogens is 3. The average Bonchev–Trinajstić information content (AvgIpc) is 3.15. The number of methoxy groups -OCH3 is 1. The highest BCUT2D eigenvalue weighted by atomic mass is 16.5. The molecule has 0 saturated heterocycles. The molecule has 3 aromatic rings. The molecule has 0 saturated carbocycles. The van der Waals surface area contributed by atoms with Gasteiger partial charge in [-0.05, 0) is 52.0 Å². The number of ether oxygens (including phenoxy) is 2. The van der Waals surface area contributed by atoms with E-state index >= 15 is 0 Å². The van der Waals surface area contributed by atoms with Crippen molar-refractivity contribution < 1.29 is 14.6 Å². The number of aliphatic hydroxyl groups is 1. The fraction of sp³-hybridized carbons (Fsp3) is 0.391. The van der Waals surface area contributed by atoms with Crippen molar-refractivity contribution in [2.45, 2.75) is 39.4 Å². The molecule has 0 aliphatic heterocycles. The van der Waals surface area contributed by atoms with Crippen molar-refractivity contribution in [2.24, 2.45) is 0 Å². The van der Waals surface area contributed by atoms with E-state index in [-0.39, 0.29) is 12.2 Å². The molecule has 1 atom stereocenters. The molecule has 30 heavy (non-hydrogen) atoms. The third kappa shape index (κ3) is 5.81. The zero-order chi connectivity index (χ0) is 21.7. The number of benzene rings is 2. The van der Waals surface area contributed by atoms with Crippen molar-refractivity contribution in [1.29, 1.82) is 0 Å². The standard InChI is InChI=1S/C23H30N4O3/c1-16-6-8-17(9-7-16)21-25-22(29-5)26-27(21)19-12-10-18(11-13-19)24-14-20(28)15-30-23(2,3)4/h6-13,20,24,28H,14-15H2,1-5H3/t20-/m0/s1. The Hall–Kier alpha value is -2.90. The van der Waals surface area contributed by atoms with E-state index in [1.165, 1.54) is 5.56 Å². The fourth-order valence-corrected chi connectivity index (χ4v) is 2.81. The van der Waals surface area contributed by atoms with Gasteiger partial charge >= 0.3 is 6.01 Å². The van der Waals surface area contributed by atoms with Gasteiger partial charge in [-0.15, -0.1) is 5.10 Å². The molecule has 160 valence electrons. The van der Waals surface area contributed by atoms with Gasteiger partial charge < -0.3 is 19.9 Å². The van der Waals surface area contributed by atoms with E-state index < -0.39 is 6.10 Å². The first-order chi connectivity index (χ1) is 14.2. The highest BCUT2D eigenvalue weighted by Crippen LogP contribution is 2.24. The van der Waals surface area contributed by atoms with Crippen molar-refractivity contribution in [3.8, 4) is 23.1 Å². The molecule has 2 aromatic carbocycles. The van der Waals surface area contributed by atoms with Crippen LogP contribution in [-0.4, -0.2) is 51.8 Å². The maximum atomic E-state index is 10.1. The van der Waals surface area contributed by atoms with Crippen LogP contribution in [0.3, 0.4) is 0 Å². The molecule has 0 spiro atoms. The predicted octanol–water partition coefficient (Wildman–Crippen LogP) is 3.84. The Morgan fingerprint density at radius 2 is 1.73 bits per heavy atom. The molecular formula is C23H30N4O3. The molecule has 1 heterocycles. The lowest BCUT2D eigenvalue weighted by Gasteiger charge is -2.22. The molecule has 0 amide bonds. The topological polar surface area (TPSA) is 81.4 Å². The Morgan fingerprint density at radius 3 is 2.33 bits per heavy atom. The second-order valence-corrected chi connectivity index (χ2v) is 8.20. The van der Waals surface area contributed by atoms with Crippen LogP contribution in [0.2, 0.25) is 0 Å². The molecule has 0 fully saturated rings. The number of anilines is 1. The van der Waals surface area contributed by atoms with Crippen LogP contribution in [0.1, 0.15) is 26.3 Å². The van der Waals surface area contributed by atoms with Gasteiger partial charge in [-0.2, -0.15) is 4.98 Å². The smallest absolute Gasteiger partial charge is 0.336 e. The van der Waals surface area contributed by atoms with Gasteiger partial charge in [0, 0.05) is 17.8 Å². The molecule has 7 nitrogen and oxygen atoms in total. The SMILES string of the molecule is COc1nc(-c2ccc(C)cc2)n(-c2ccc(NC[C@H](O)COC(C)(C)C)cc2)n1. The minimum absolute atomic E-state index is 0.267. The molecular weight excluding hydrogens is 380 g/mol. The van der Waals surface area contributed by atoms with Gasteiger partial charge in [0.1, 0.15) is 0 Å². The Labute approximate surface area is 177 Å². The van der Waals surface area contributed by atoms with Gasteiger partial charge in [-0.25, -0.2) is 4.68 Å². The molecule has 0 unspecified atom stereocenters. The summed E-state index contributed by atoms with van der Waals surface area (Å²) in [7, 11) is 1.56. The Morgan fingerprint density at radius 1 is 1.07 bits per heavy atom. The number of rotatable bonds is 8. The van der Waals surface area contributed by atoms with Crippen LogP contribution < -0.4 is 10.1 Å². The molecule has 0 aliphatic carbocycles. The number of aliphatic hydroxyl groups excluding tert-OH is 1. The summed E-state index contributed by atoms with van der Waals surface area (Å²) >= 11 is 0. The number of aryl methyl sites for hydroxylation is 1. The normalized spacial score (nSPS) is 12.6. The quantitative estimate of drug-likeness (QED) is 0.587. The van der Waals surface area contributed by atoms with Gasteiger partial charge in [0.25, 0.3) is 0 Å². The summed E-state index contributed by atoms with van der Waals surface area (Å²) in [6, 6.07) is 16.2. The van der Waals surface area contributed by atoms with E-state index in [1.807, 2.05) is 76.2 Å². The second-order valence-electron chi connectivity index (χ2n) is 8.20. The molecule has 0 bridgehead atoms. The molecule has 1 aromatic heterocycles. The Balaban J connectivity index is 1.72. The van der Waals surface area contributed by atoms with Crippen LogP contribution >= 0.6 is 0 Å². The minimum atomic E-state index is -0.586. The van der Waals surface area contributed by atoms with Crippen LogP contribution in [-0.2, 0) is 4.74 Å². The van der Waals surface area contributed by atoms with E-state index in [0.29, 0.717) is 18.4 Å². The van der Waals surface area contributed by atoms with Gasteiger partial charge in [0.2, 0.25) is 0 Å². The van der Waals surface area contributed by atoms with Crippen molar-refractivity contribution in [1.82, 2.24) is 14.8 Å². The van der Waals surface area contributed by atoms with E-state index in [4.69, 9.17) is 9.47 Å². The van der Waals surface area contributed by atoms with Crippen LogP contribution in [0.5, 0.6) is 6.01 Å². The monoisotopic (exact) mass is 410 g/mol. The van der Waals surface area contributed by atoms with Crippen LogP contribution in [0.15, 0.2) is 48.5 Å². The zero-order valence-electron chi connectivity index (χ0n) is 18.2. The molecule has 0 aliphatic rings. The number of nitrogens with one attached hydrogen (secondary N) is 1. The minimum Gasteiger partial charge on any atom is -0.466 e. The Bertz CT molecular complexity index is 944. The largest absolute Gasteiger partial charge is 0.466 e. The Kier molecular flexibility index (Phi) is 6.74. The second kappa shape index (κ2) is 9.28. The van der Waals surface area contributed by atoms with E-state index in [0.717, 1.165) is 16.9 Å². The van der Waals surface area contributed by atoms with Gasteiger partial charge in [0.05, 0.1) is 31.1 Å². The lowest BCUT2D eigenvalue weighted by Crippen LogP contribution is -2.30. The number of hydrogen-bond acceptors (Lipinski definition) is 6. The summed E-state index contributed by atoms with van der Waals surface area (Å²) in [4.78, 5) is 4.49. The summed E-state index contributed by atoms with van der Waals surface area (Å²) in [5, 5.41) is 17.8. The number of hydrogen-bond donors (Lipinski definition) is 2. The molecule has 3 rings (SSSR count). The maximum Gasteiger partial charge on any atom is 0.336 e. The highest BCUT2D eigenvalue weighted by molar-refractivity contribution is 5.60. The maximum absolute atomic E-state index is 10.1. The summed E-state index contributed by atoms with van der Waals surface area (Å²) in [6.45, 7) is 8.64. The summed E-state index contributed by atoms with van der Waals surface area (Å²) in [6.07, 6.45) is -0.586. The van der Waals surface area contributed by atoms with Crippen LogP contribution in [0.25, 0.3) is 17.1 Å². The molecule has 7 heteroatoms. The van der Waals surface area contributed by atoms with Gasteiger partial charge in [0.15, 0.2) is 5.82 Å². The first-order valence-electron chi connectivity index (χ1n) is 9.99. The summed E-state index contributed by atoms with van der Waals surface area (Å²) in [5.74, 6) is 0.710. The van der Waals surface area contributed by atoms with E-state index in [1.54, 1.807) is 11.8 Å². The first-order valence-corrected chi connectivity index (χ1v) is 9.99. The van der Waals surface area contributed by atoms with Crippen molar-refractivity contribution in [3.05, 3.63) is 54.1 Å². The summed E-state index contributed by atoms with van der Waals surface area (Å²) < 4.78 is 12.6. The van der Waals surface area contributed by atoms with Gasteiger partial charge in [-0.3, -0.25) is 0 Å². The van der Waals surface area contributed by atoms with Gasteiger partial charge in [-0.1, -0.05) is 29.8 Å². The molecule has 0 radical (unpaired) electrons. The van der Waals surface area contributed by atoms with E-state index in [9.17, 15) is 5.11 Å². The third-order valence-electron chi connectivity index (χ3n) is 4.44. The highest BCUT2D eigenvalue weighted by Gasteiger charge is 2.15. The lowest BCUT2D eigenvalue weighted by molar-refractivity contribution is -0.0449. The zero-order valence-corrected chi connectivity index (χ0v) is 18.2.